The zero-order valence-corrected chi connectivity index (χ0v) is 9.17. The molecule has 1 atom stereocenters. The summed E-state index contributed by atoms with van der Waals surface area (Å²) in [7, 11) is 0. The fraction of sp³-hybridized carbons (Fsp3) is 1.00. The minimum Gasteiger partial charge on any atom is -0.396 e. The molecular weight excluding hydrogens is 178 g/mol. The second-order valence-corrected chi connectivity index (χ2v) is 4.30. The number of aliphatic hydroxyl groups excluding tert-OH is 1. The molecule has 0 aromatic rings. The summed E-state index contributed by atoms with van der Waals surface area (Å²) in [4.78, 5) is 0. The van der Waals surface area contributed by atoms with E-state index in [1.807, 2.05) is 6.92 Å². The van der Waals surface area contributed by atoms with Crippen molar-refractivity contribution in [2.45, 2.75) is 32.6 Å². The van der Waals surface area contributed by atoms with Gasteiger partial charge in [-0.2, -0.15) is 0 Å². The molecule has 1 saturated carbocycles. The van der Waals surface area contributed by atoms with Gasteiger partial charge in [-0.1, -0.05) is 0 Å². The number of hydrogen-bond donors (Lipinski definition) is 2. The average molecular weight is 201 g/mol. The van der Waals surface area contributed by atoms with Gasteiger partial charge < -0.3 is 15.6 Å². The van der Waals surface area contributed by atoms with Gasteiger partial charge >= 0.3 is 0 Å². The summed E-state index contributed by atoms with van der Waals surface area (Å²) >= 11 is 0. The molecule has 1 aliphatic rings. The highest BCUT2D eigenvalue weighted by atomic mass is 16.5. The first kappa shape index (κ1) is 12.0. The van der Waals surface area contributed by atoms with Crippen LogP contribution in [0.15, 0.2) is 0 Å². The van der Waals surface area contributed by atoms with E-state index < -0.39 is 0 Å². The van der Waals surface area contributed by atoms with Gasteiger partial charge in [-0.25, -0.2) is 0 Å². The standard InChI is InChI=1S/C11H23NO2/c1-2-14-7-3-6-11(8-12,9-13)10-4-5-10/h10,13H,2-9,12H2,1H3. The molecule has 0 spiro atoms. The molecule has 1 aliphatic carbocycles. The van der Waals surface area contributed by atoms with Crippen LogP contribution in [0.2, 0.25) is 0 Å². The Kier molecular flexibility index (Phi) is 4.85. The van der Waals surface area contributed by atoms with Crippen molar-refractivity contribution in [2.75, 3.05) is 26.4 Å². The molecular formula is C11H23NO2. The maximum Gasteiger partial charge on any atom is 0.0502 e. The van der Waals surface area contributed by atoms with Crippen LogP contribution in [0, 0.1) is 11.3 Å². The van der Waals surface area contributed by atoms with Gasteiger partial charge in [0, 0.05) is 25.2 Å². The molecule has 0 radical (unpaired) electrons. The quantitative estimate of drug-likeness (QED) is 0.579. The van der Waals surface area contributed by atoms with E-state index in [0.29, 0.717) is 12.5 Å². The van der Waals surface area contributed by atoms with Crippen LogP contribution in [-0.4, -0.2) is 31.5 Å². The Balaban J connectivity index is 2.27. The molecule has 3 N–H and O–H groups in total. The lowest BCUT2D eigenvalue weighted by atomic mass is 9.79. The Labute approximate surface area is 86.6 Å². The lowest BCUT2D eigenvalue weighted by Gasteiger charge is -2.30. The van der Waals surface area contributed by atoms with Gasteiger partial charge in [0.1, 0.15) is 0 Å². The second-order valence-electron chi connectivity index (χ2n) is 4.30. The molecule has 1 rings (SSSR count). The molecule has 1 fully saturated rings. The van der Waals surface area contributed by atoms with Gasteiger partial charge in [-0.15, -0.1) is 0 Å². The van der Waals surface area contributed by atoms with Gasteiger partial charge in [-0.05, 0) is 38.5 Å². The topological polar surface area (TPSA) is 55.5 Å². The summed E-state index contributed by atoms with van der Waals surface area (Å²) in [6, 6.07) is 0. The van der Waals surface area contributed by atoms with Crippen LogP contribution in [0.5, 0.6) is 0 Å². The number of hydrogen-bond acceptors (Lipinski definition) is 3. The van der Waals surface area contributed by atoms with Crippen molar-refractivity contribution in [2.24, 2.45) is 17.1 Å². The molecule has 3 nitrogen and oxygen atoms in total. The Bertz CT molecular complexity index is 153. The van der Waals surface area contributed by atoms with Crippen molar-refractivity contribution in [3.05, 3.63) is 0 Å². The molecule has 0 aromatic heterocycles. The van der Waals surface area contributed by atoms with E-state index in [4.69, 9.17) is 10.5 Å². The van der Waals surface area contributed by atoms with E-state index in [-0.39, 0.29) is 12.0 Å². The molecule has 3 heteroatoms. The first-order valence-corrected chi connectivity index (χ1v) is 5.67. The van der Waals surface area contributed by atoms with Gasteiger partial charge in [0.25, 0.3) is 0 Å². The van der Waals surface area contributed by atoms with Crippen molar-refractivity contribution in [1.29, 1.82) is 0 Å². The van der Waals surface area contributed by atoms with E-state index in [2.05, 4.69) is 0 Å². The molecule has 0 saturated heterocycles. The third-order valence-electron chi connectivity index (χ3n) is 3.33. The van der Waals surface area contributed by atoms with Crippen LogP contribution in [-0.2, 0) is 4.74 Å². The monoisotopic (exact) mass is 201 g/mol. The fourth-order valence-corrected chi connectivity index (χ4v) is 2.11. The second kappa shape index (κ2) is 5.69. The summed E-state index contributed by atoms with van der Waals surface area (Å²) in [5, 5.41) is 9.42. The molecule has 14 heavy (non-hydrogen) atoms. The largest absolute Gasteiger partial charge is 0.396 e. The molecule has 84 valence electrons. The summed E-state index contributed by atoms with van der Waals surface area (Å²) < 4.78 is 5.30. The Hall–Kier alpha value is -0.120. The van der Waals surface area contributed by atoms with Crippen molar-refractivity contribution < 1.29 is 9.84 Å². The number of nitrogens with two attached hydrogens (primary N) is 1. The first-order valence-electron chi connectivity index (χ1n) is 5.67. The highest BCUT2D eigenvalue weighted by molar-refractivity contribution is 4.94. The number of aliphatic hydroxyl groups is 1. The molecule has 1 unspecified atom stereocenters. The van der Waals surface area contributed by atoms with Crippen LogP contribution in [0.25, 0.3) is 0 Å². The highest BCUT2D eigenvalue weighted by Gasteiger charge is 2.43. The third-order valence-corrected chi connectivity index (χ3v) is 3.33. The van der Waals surface area contributed by atoms with E-state index >= 15 is 0 Å². The highest BCUT2D eigenvalue weighted by Crippen LogP contribution is 2.47. The molecule has 0 aliphatic heterocycles. The first-order chi connectivity index (χ1) is 6.79. The fourth-order valence-electron chi connectivity index (χ4n) is 2.11. The summed E-state index contributed by atoms with van der Waals surface area (Å²) in [5.74, 6) is 0.666. The zero-order valence-electron chi connectivity index (χ0n) is 9.17. The smallest absolute Gasteiger partial charge is 0.0502 e. The maximum absolute atomic E-state index is 9.42. The molecule has 0 amide bonds. The third kappa shape index (κ3) is 2.94. The lowest BCUT2D eigenvalue weighted by Crippen LogP contribution is -2.36. The maximum atomic E-state index is 9.42. The average Bonchev–Trinajstić information content (AvgIpc) is 3.03. The van der Waals surface area contributed by atoms with Crippen LogP contribution in [0.4, 0.5) is 0 Å². The summed E-state index contributed by atoms with van der Waals surface area (Å²) in [6.07, 6.45) is 4.51. The van der Waals surface area contributed by atoms with Crippen molar-refractivity contribution in [3.63, 3.8) is 0 Å². The van der Waals surface area contributed by atoms with E-state index in [1.54, 1.807) is 0 Å². The van der Waals surface area contributed by atoms with E-state index in [1.165, 1.54) is 12.8 Å². The van der Waals surface area contributed by atoms with Gasteiger partial charge in [-0.3, -0.25) is 0 Å². The molecule has 0 heterocycles. The zero-order chi connectivity index (χ0) is 10.4. The van der Waals surface area contributed by atoms with Crippen LogP contribution in [0.3, 0.4) is 0 Å². The molecule has 0 bridgehead atoms. The Morgan fingerprint density at radius 2 is 2.21 bits per heavy atom. The van der Waals surface area contributed by atoms with Crippen LogP contribution in [0.1, 0.15) is 32.6 Å². The SMILES string of the molecule is CCOCCCC(CN)(CO)C1CC1. The van der Waals surface area contributed by atoms with Crippen LogP contribution < -0.4 is 5.73 Å². The van der Waals surface area contributed by atoms with Crippen molar-refractivity contribution in [3.8, 4) is 0 Å². The summed E-state index contributed by atoms with van der Waals surface area (Å²) in [5.41, 5.74) is 5.77. The lowest BCUT2D eigenvalue weighted by molar-refractivity contribution is 0.0770. The predicted octanol–water partition coefficient (Wildman–Crippen LogP) is 1.15. The van der Waals surface area contributed by atoms with Gasteiger partial charge in [0.15, 0.2) is 0 Å². The van der Waals surface area contributed by atoms with Crippen molar-refractivity contribution >= 4 is 0 Å². The Morgan fingerprint density at radius 3 is 2.64 bits per heavy atom. The van der Waals surface area contributed by atoms with E-state index in [9.17, 15) is 5.11 Å². The van der Waals surface area contributed by atoms with Crippen molar-refractivity contribution in [1.82, 2.24) is 0 Å². The Morgan fingerprint density at radius 1 is 1.50 bits per heavy atom. The minimum absolute atomic E-state index is 0.00288. The van der Waals surface area contributed by atoms with Gasteiger partial charge in [0.2, 0.25) is 0 Å². The number of rotatable bonds is 8. The van der Waals surface area contributed by atoms with E-state index in [0.717, 1.165) is 26.1 Å². The normalized spacial score (nSPS) is 20.8. The van der Waals surface area contributed by atoms with Gasteiger partial charge in [0.05, 0.1) is 6.61 Å². The number of ether oxygens (including phenoxy) is 1. The predicted molar refractivity (Wildman–Crippen MR) is 57.0 cm³/mol. The van der Waals surface area contributed by atoms with Crippen LogP contribution >= 0.6 is 0 Å². The minimum atomic E-state index is -0.00288. The molecule has 0 aromatic carbocycles. The summed E-state index contributed by atoms with van der Waals surface area (Å²) in [6.45, 7) is 4.42.